The summed E-state index contributed by atoms with van der Waals surface area (Å²) in [7, 11) is 1.66. The van der Waals surface area contributed by atoms with E-state index in [0.29, 0.717) is 45.2 Å². The maximum atomic E-state index is 12.5. The average Bonchev–Trinajstić information content (AvgIpc) is 3.18. The maximum absolute atomic E-state index is 12.5. The number of alkyl halides is 3. The van der Waals surface area contributed by atoms with Crippen molar-refractivity contribution in [3.8, 4) is 0 Å². The Morgan fingerprint density at radius 2 is 1.68 bits per heavy atom. The van der Waals surface area contributed by atoms with E-state index in [1.165, 1.54) is 4.90 Å². The van der Waals surface area contributed by atoms with Gasteiger partial charge in [-0.3, -0.25) is 9.89 Å². The van der Waals surface area contributed by atoms with Crippen molar-refractivity contribution in [2.24, 2.45) is 4.99 Å². The third-order valence-electron chi connectivity index (χ3n) is 5.10. The topological polar surface area (TPSA) is 48.9 Å². The number of ether oxygens (including phenoxy) is 1. The van der Waals surface area contributed by atoms with Crippen LogP contribution in [0.4, 0.5) is 13.2 Å². The average molecular weight is 435 g/mol. The second kappa shape index (κ2) is 11.2. The molecule has 1 saturated heterocycles. The van der Waals surface area contributed by atoms with Crippen molar-refractivity contribution in [2.75, 3.05) is 26.7 Å². The van der Waals surface area contributed by atoms with E-state index in [4.69, 9.17) is 4.74 Å². The number of hydrogen-bond acceptors (Lipinski definition) is 3. The minimum atomic E-state index is -4.16. The van der Waals surface area contributed by atoms with E-state index in [9.17, 15) is 13.2 Å². The van der Waals surface area contributed by atoms with Crippen LogP contribution in [0, 0.1) is 0 Å². The van der Waals surface area contributed by atoms with Crippen molar-refractivity contribution in [1.82, 2.24) is 15.5 Å². The second-order valence-corrected chi connectivity index (χ2v) is 7.70. The second-order valence-electron chi connectivity index (χ2n) is 7.70. The molecule has 1 fully saturated rings. The molecule has 1 heterocycles. The van der Waals surface area contributed by atoms with Crippen molar-refractivity contribution < 1.29 is 17.9 Å². The SMILES string of the molecule is CN=C(NCc1ccc(COCc2ccccc2)cc1)NC1CCN(CC(F)(F)F)C1. The molecule has 0 radical (unpaired) electrons. The molecule has 1 aliphatic rings. The molecule has 168 valence electrons. The lowest BCUT2D eigenvalue weighted by molar-refractivity contribution is -0.143. The molecule has 8 heteroatoms. The normalized spacial score (nSPS) is 17.7. The van der Waals surface area contributed by atoms with Gasteiger partial charge in [-0.05, 0) is 23.1 Å². The molecule has 0 spiro atoms. The highest BCUT2D eigenvalue weighted by Gasteiger charge is 2.34. The molecule has 0 bridgehead atoms. The number of nitrogens with zero attached hydrogens (tertiary/aromatic N) is 2. The zero-order valence-electron chi connectivity index (χ0n) is 17.7. The van der Waals surface area contributed by atoms with Gasteiger partial charge < -0.3 is 15.4 Å². The van der Waals surface area contributed by atoms with Gasteiger partial charge in [0.1, 0.15) is 0 Å². The smallest absolute Gasteiger partial charge is 0.372 e. The lowest BCUT2D eigenvalue weighted by atomic mass is 10.1. The number of hydrogen-bond donors (Lipinski definition) is 2. The maximum Gasteiger partial charge on any atom is 0.401 e. The highest BCUT2D eigenvalue weighted by atomic mass is 19.4. The summed E-state index contributed by atoms with van der Waals surface area (Å²) in [5, 5.41) is 6.44. The van der Waals surface area contributed by atoms with E-state index in [1.807, 2.05) is 54.6 Å². The summed E-state index contributed by atoms with van der Waals surface area (Å²) in [5.41, 5.74) is 3.32. The number of likely N-dealkylation sites (tertiary alicyclic amines) is 1. The van der Waals surface area contributed by atoms with Crippen molar-refractivity contribution in [2.45, 2.75) is 38.4 Å². The highest BCUT2D eigenvalue weighted by molar-refractivity contribution is 5.80. The van der Waals surface area contributed by atoms with E-state index in [1.54, 1.807) is 7.05 Å². The lowest BCUT2D eigenvalue weighted by Gasteiger charge is -2.20. The molecule has 0 aliphatic carbocycles. The van der Waals surface area contributed by atoms with Crippen LogP contribution in [-0.2, 0) is 24.5 Å². The zero-order valence-corrected chi connectivity index (χ0v) is 17.7. The summed E-state index contributed by atoms with van der Waals surface area (Å²) in [6, 6.07) is 18.1. The summed E-state index contributed by atoms with van der Waals surface area (Å²) < 4.78 is 43.4. The molecule has 2 aromatic rings. The van der Waals surface area contributed by atoms with Crippen LogP contribution >= 0.6 is 0 Å². The van der Waals surface area contributed by atoms with Gasteiger partial charge in [0.15, 0.2) is 5.96 Å². The molecular formula is C23H29F3N4O. The molecule has 0 saturated carbocycles. The van der Waals surface area contributed by atoms with Crippen molar-refractivity contribution in [1.29, 1.82) is 0 Å². The first kappa shape index (κ1) is 23.1. The molecule has 1 aliphatic heterocycles. The first-order chi connectivity index (χ1) is 14.9. The van der Waals surface area contributed by atoms with Crippen LogP contribution in [0.1, 0.15) is 23.1 Å². The summed E-state index contributed by atoms with van der Waals surface area (Å²) >= 11 is 0. The van der Waals surface area contributed by atoms with Gasteiger partial charge >= 0.3 is 6.18 Å². The lowest BCUT2D eigenvalue weighted by Crippen LogP contribution is -2.44. The fraction of sp³-hybridized carbons (Fsp3) is 0.435. The molecule has 2 N–H and O–H groups in total. The number of guanidine groups is 1. The fourth-order valence-corrected chi connectivity index (χ4v) is 3.54. The Bertz CT molecular complexity index is 825. The molecule has 1 atom stereocenters. The van der Waals surface area contributed by atoms with Crippen LogP contribution in [0.3, 0.4) is 0 Å². The molecule has 31 heavy (non-hydrogen) atoms. The van der Waals surface area contributed by atoms with Gasteiger partial charge in [-0.15, -0.1) is 0 Å². The minimum Gasteiger partial charge on any atom is -0.372 e. The zero-order chi connectivity index (χ0) is 22.1. The molecule has 1 unspecified atom stereocenters. The minimum absolute atomic E-state index is 0.0438. The Hall–Kier alpha value is -2.58. The third kappa shape index (κ3) is 8.22. The van der Waals surface area contributed by atoms with Crippen LogP contribution in [0.15, 0.2) is 59.6 Å². The van der Waals surface area contributed by atoms with Crippen LogP contribution in [0.25, 0.3) is 0 Å². The predicted molar refractivity (Wildman–Crippen MR) is 116 cm³/mol. The van der Waals surface area contributed by atoms with Gasteiger partial charge in [-0.1, -0.05) is 54.6 Å². The Labute approximate surface area is 181 Å². The molecule has 0 amide bonds. The van der Waals surface area contributed by atoms with Crippen molar-refractivity contribution >= 4 is 5.96 Å². The molecule has 3 rings (SSSR count). The highest BCUT2D eigenvalue weighted by Crippen LogP contribution is 2.20. The van der Waals surface area contributed by atoms with E-state index in [-0.39, 0.29) is 6.04 Å². The van der Waals surface area contributed by atoms with Gasteiger partial charge in [-0.25, -0.2) is 0 Å². The van der Waals surface area contributed by atoms with Gasteiger partial charge in [-0.2, -0.15) is 13.2 Å². The van der Waals surface area contributed by atoms with E-state index >= 15 is 0 Å². The molecular weight excluding hydrogens is 405 g/mol. The summed E-state index contributed by atoms with van der Waals surface area (Å²) in [5.74, 6) is 0.592. The largest absolute Gasteiger partial charge is 0.401 e. The third-order valence-corrected chi connectivity index (χ3v) is 5.10. The standard InChI is InChI=1S/C23H29F3N4O/c1-27-22(29-21-11-12-30(14-21)17-23(24,25)26)28-13-18-7-9-20(10-8-18)16-31-15-19-5-3-2-4-6-19/h2-10,21H,11-17H2,1H3,(H2,27,28,29). The molecule has 2 aromatic carbocycles. The van der Waals surface area contributed by atoms with Crippen LogP contribution in [-0.4, -0.2) is 49.8 Å². The van der Waals surface area contributed by atoms with Crippen LogP contribution in [0.2, 0.25) is 0 Å². The summed E-state index contributed by atoms with van der Waals surface area (Å²) in [6.07, 6.45) is -3.50. The van der Waals surface area contributed by atoms with Gasteiger partial charge in [0.05, 0.1) is 19.8 Å². The van der Waals surface area contributed by atoms with Gasteiger partial charge in [0.2, 0.25) is 0 Å². The van der Waals surface area contributed by atoms with Crippen LogP contribution < -0.4 is 10.6 Å². The number of rotatable bonds is 8. The fourth-order valence-electron chi connectivity index (χ4n) is 3.54. The number of nitrogens with one attached hydrogen (secondary N) is 2. The quantitative estimate of drug-likeness (QED) is 0.491. The summed E-state index contributed by atoms with van der Waals surface area (Å²) in [4.78, 5) is 5.61. The van der Waals surface area contributed by atoms with Gasteiger partial charge in [0.25, 0.3) is 0 Å². The van der Waals surface area contributed by atoms with E-state index < -0.39 is 12.7 Å². The predicted octanol–water partition coefficient (Wildman–Crippen LogP) is 3.71. The Morgan fingerprint density at radius 1 is 1.03 bits per heavy atom. The number of halogens is 3. The monoisotopic (exact) mass is 434 g/mol. The van der Waals surface area contributed by atoms with E-state index in [0.717, 1.165) is 16.7 Å². The van der Waals surface area contributed by atoms with Crippen molar-refractivity contribution in [3.63, 3.8) is 0 Å². The summed E-state index contributed by atoms with van der Waals surface area (Å²) in [6.45, 7) is 1.62. The van der Waals surface area contributed by atoms with Crippen LogP contribution in [0.5, 0.6) is 0 Å². The first-order valence-electron chi connectivity index (χ1n) is 10.4. The first-order valence-corrected chi connectivity index (χ1v) is 10.4. The Morgan fingerprint density at radius 3 is 2.32 bits per heavy atom. The van der Waals surface area contributed by atoms with E-state index in [2.05, 4.69) is 15.6 Å². The molecule has 0 aromatic heterocycles. The van der Waals surface area contributed by atoms with Crippen molar-refractivity contribution in [3.05, 3.63) is 71.3 Å². The number of benzene rings is 2. The Kier molecular flexibility index (Phi) is 8.31. The van der Waals surface area contributed by atoms with Gasteiger partial charge in [0, 0.05) is 32.7 Å². The number of aliphatic imine (C=N–C) groups is 1. The molecule has 5 nitrogen and oxygen atoms in total. The Balaban J connectivity index is 1.38.